The van der Waals surface area contributed by atoms with Crippen LogP contribution in [0.4, 0.5) is 0 Å². The zero-order chi connectivity index (χ0) is 7.98. The van der Waals surface area contributed by atoms with E-state index in [1.165, 1.54) is 12.8 Å². The van der Waals surface area contributed by atoms with Crippen LogP contribution in [0.2, 0.25) is 0 Å². The van der Waals surface area contributed by atoms with Gasteiger partial charge in [-0.3, -0.25) is 4.79 Å². The zero-order valence-electron chi connectivity index (χ0n) is 7.02. The monoisotopic (exact) mass is 160 g/mol. The van der Waals surface area contributed by atoms with Crippen LogP contribution in [0.5, 0.6) is 0 Å². The Morgan fingerprint density at radius 3 is 2.50 bits per heavy atom. The first-order valence-electron chi connectivity index (χ1n) is 3.75. The van der Waals surface area contributed by atoms with E-state index in [9.17, 15) is 4.79 Å². The third-order valence-electron chi connectivity index (χ3n) is 1.56. The summed E-state index contributed by atoms with van der Waals surface area (Å²) in [5.41, 5.74) is 0. The fourth-order valence-electron chi connectivity index (χ4n) is 0.877. The second-order valence-electron chi connectivity index (χ2n) is 2.48. The Morgan fingerprint density at radius 1 is 1.60 bits per heavy atom. The Morgan fingerprint density at radius 2 is 2.20 bits per heavy atom. The lowest BCUT2D eigenvalue weighted by Crippen LogP contribution is -2.12. The molecule has 0 aromatic carbocycles. The molecule has 10 heavy (non-hydrogen) atoms. The topological polar surface area (TPSA) is 17.1 Å². The molecule has 0 fully saturated rings. The maximum absolute atomic E-state index is 10.9. The van der Waals surface area contributed by atoms with Crippen molar-refractivity contribution in [1.29, 1.82) is 0 Å². The van der Waals surface area contributed by atoms with Crippen molar-refractivity contribution in [3.63, 3.8) is 0 Å². The second-order valence-corrected chi connectivity index (χ2v) is 3.52. The molecule has 0 saturated heterocycles. The minimum atomic E-state index is 0.250. The Labute approximate surface area is 67.6 Å². The lowest BCUT2D eigenvalue weighted by molar-refractivity contribution is -0.116. The van der Waals surface area contributed by atoms with Crippen LogP contribution in [0.3, 0.4) is 0 Å². The molecule has 0 amide bonds. The van der Waals surface area contributed by atoms with Crippen LogP contribution in [-0.4, -0.2) is 17.3 Å². The standard InChI is InChI=1S/C8H16OS/c1-4-5-6-8(10-3)7(2)9/h8H,4-6H2,1-3H3. The molecule has 0 aromatic rings. The van der Waals surface area contributed by atoms with Crippen molar-refractivity contribution >= 4 is 17.5 Å². The SMILES string of the molecule is CCCCC(SC)C(C)=O. The van der Waals surface area contributed by atoms with Crippen molar-refractivity contribution in [1.82, 2.24) is 0 Å². The molecule has 60 valence electrons. The number of carbonyl (C=O) groups excluding carboxylic acids is 1. The molecular weight excluding hydrogens is 144 g/mol. The molecule has 0 aromatic heterocycles. The first kappa shape index (κ1) is 10.0. The van der Waals surface area contributed by atoms with Crippen LogP contribution in [0.25, 0.3) is 0 Å². The highest BCUT2D eigenvalue weighted by Gasteiger charge is 2.10. The molecule has 1 unspecified atom stereocenters. The third kappa shape index (κ3) is 3.94. The molecule has 0 bridgehead atoms. The molecule has 0 saturated carbocycles. The summed E-state index contributed by atoms with van der Waals surface area (Å²) in [4.78, 5) is 10.9. The molecule has 0 radical (unpaired) electrons. The fourth-order valence-corrected chi connectivity index (χ4v) is 1.61. The van der Waals surface area contributed by atoms with Gasteiger partial charge in [0.05, 0.1) is 5.25 Å². The van der Waals surface area contributed by atoms with Crippen LogP contribution >= 0.6 is 11.8 Å². The van der Waals surface area contributed by atoms with Crippen molar-refractivity contribution in [3.8, 4) is 0 Å². The number of rotatable bonds is 5. The number of Topliss-reactive ketones (excluding diaryl/α,β-unsaturated/α-hetero) is 1. The van der Waals surface area contributed by atoms with E-state index >= 15 is 0 Å². The highest BCUT2D eigenvalue weighted by molar-refractivity contribution is 7.99. The fraction of sp³-hybridized carbons (Fsp3) is 0.875. The average Bonchev–Trinajstić information content (AvgIpc) is 1.89. The summed E-state index contributed by atoms with van der Waals surface area (Å²) < 4.78 is 0. The summed E-state index contributed by atoms with van der Waals surface area (Å²) in [5.74, 6) is 0.320. The molecule has 0 heterocycles. The number of thioether (sulfide) groups is 1. The quantitative estimate of drug-likeness (QED) is 0.614. The molecule has 2 heteroatoms. The van der Waals surface area contributed by atoms with Crippen LogP contribution in [-0.2, 0) is 4.79 Å². The normalized spacial score (nSPS) is 13.1. The van der Waals surface area contributed by atoms with E-state index in [4.69, 9.17) is 0 Å². The summed E-state index contributed by atoms with van der Waals surface area (Å²) in [6, 6.07) is 0. The van der Waals surface area contributed by atoms with Gasteiger partial charge in [0.2, 0.25) is 0 Å². The molecule has 0 aliphatic rings. The summed E-state index contributed by atoms with van der Waals surface area (Å²) >= 11 is 1.67. The largest absolute Gasteiger partial charge is 0.299 e. The Hall–Kier alpha value is 0.0200. The Kier molecular flexibility index (Phi) is 5.79. The van der Waals surface area contributed by atoms with Gasteiger partial charge in [-0.1, -0.05) is 19.8 Å². The van der Waals surface area contributed by atoms with Crippen molar-refractivity contribution in [2.75, 3.05) is 6.26 Å². The predicted octanol–water partition coefficient (Wildman–Crippen LogP) is 2.50. The van der Waals surface area contributed by atoms with E-state index in [-0.39, 0.29) is 5.25 Å². The summed E-state index contributed by atoms with van der Waals surface area (Å²) in [6.07, 6.45) is 5.41. The average molecular weight is 160 g/mol. The van der Waals surface area contributed by atoms with Crippen molar-refractivity contribution in [2.24, 2.45) is 0 Å². The highest BCUT2D eigenvalue weighted by Crippen LogP contribution is 2.14. The molecule has 1 nitrogen and oxygen atoms in total. The van der Waals surface area contributed by atoms with E-state index < -0.39 is 0 Å². The number of unbranched alkanes of at least 4 members (excludes halogenated alkanes) is 1. The van der Waals surface area contributed by atoms with Crippen molar-refractivity contribution in [3.05, 3.63) is 0 Å². The van der Waals surface area contributed by atoms with Crippen LogP contribution in [0, 0.1) is 0 Å². The maximum atomic E-state index is 10.9. The van der Waals surface area contributed by atoms with Gasteiger partial charge < -0.3 is 0 Å². The van der Waals surface area contributed by atoms with E-state index in [1.54, 1.807) is 18.7 Å². The lowest BCUT2D eigenvalue weighted by atomic mass is 10.1. The third-order valence-corrected chi connectivity index (χ3v) is 2.69. The van der Waals surface area contributed by atoms with E-state index in [0.29, 0.717) is 5.78 Å². The van der Waals surface area contributed by atoms with E-state index in [0.717, 1.165) is 6.42 Å². The second kappa shape index (κ2) is 5.78. The van der Waals surface area contributed by atoms with Gasteiger partial charge in [-0.15, -0.1) is 0 Å². The molecule has 0 spiro atoms. The van der Waals surface area contributed by atoms with Gasteiger partial charge in [0.15, 0.2) is 0 Å². The Balaban J connectivity index is 3.50. The smallest absolute Gasteiger partial charge is 0.142 e. The van der Waals surface area contributed by atoms with Crippen LogP contribution in [0.15, 0.2) is 0 Å². The van der Waals surface area contributed by atoms with E-state index in [2.05, 4.69) is 6.92 Å². The molecule has 0 aliphatic carbocycles. The maximum Gasteiger partial charge on any atom is 0.142 e. The summed E-state index contributed by atoms with van der Waals surface area (Å²) in [5, 5.41) is 0.250. The molecule has 0 rings (SSSR count). The van der Waals surface area contributed by atoms with Gasteiger partial charge >= 0.3 is 0 Å². The molecule has 1 atom stereocenters. The van der Waals surface area contributed by atoms with Gasteiger partial charge in [-0.05, 0) is 19.6 Å². The van der Waals surface area contributed by atoms with Gasteiger partial charge in [0.25, 0.3) is 0 Å². The zero-order valence-corrected chi connectivity index (χ0v) is 7.83. The molecule has 0 aliphatic heterocycles. The molecular formula is C8H16OS. The van der Waals surface area contributed by atoms with Crippen molar-refractivity contribution in [2.45, 2.75) is 38.4 Å². The van der Waals surface area contributed by atoms with Gasteiger partial charge in [-0.2, -0.15) is 11.8 Å². The minimum absolute atomic E-state index is 0.250. The number of ketones is 1. The van der Waals surface area contributed by atoms with Gasteiger partial charge in [0, 0.05) is 0 Å². The lowest BCUT2D eigenvalue weighted by Gasteiger charge is -2.08. The molecule has 0 N–H and O–H groups in total. The van der Waals surface area contributed by atoms with Gasteiger partial charge in [-0.25, -0.2) is 0 Å². The summed E-state index contributed by atoms with van der Waals surface area (Å²) in [7, 11) is 0. The highest BCUT2D eigenvalue weighted by atomic mass is 32.2. The van der Waals surface area contributed by atoms with Gasteiger partial charge in [0.1, 0.15) is 5.78 Å². The summed E-state index contributed by atoms with van der Waals surface area (Å²) in [6.45, 7) is 3.83. The minimum Gasteiger partial charge on any atom is -0.299 e. The first-order valence-corrected chi connectivity index (χ1v) is 5.04. The van der Waals surface area contributed by atoms with Crippen molar-refractivity contribution < 1.29 is 4.79 Å². The number of carbonyl (C=O) groups is 1. The predicted molar refractivity (Wildman–Crippen MR) is 47.5 cm³/mol. The van der Waals surface area contributed by atoms with Crippen LogP contribution < -0.4 is 0 Å². The van der Waals surface area contributed by atoms with Crippen LogP contribution in [0.1, 0.15) is 33.1 Å². The number of hydrogen-bond acceptors (Lipinski definition) is 2. The Bertz CT molecular complexity index is 101. The van der Waals surface area contributed by atoms with E-state index in [1.807, 2.05) is 6.26 Å². The first-order chi connectivity index (χ1) is 4.72. The number of hydrogen-bond donors (Lipinski definition) is 0.